The van der Waals surface area contributed by atoms with Gasteiger partial charge >= 0.3 is 0 Å². The van der Waals surface area contributed by atoms with E-state index in [1.54, 1.807) is 0 Å². The molecule has 1 atom stereocenters. The van der Waals surface area contributed by atoms with Crippen molar-refractivity contribution in [1.29, 1.82) is 0 Å². The monoisotopic (exact) mass is 395 g/mol. The second-order valence-corrected chi connectivity index (χ2v) is 7.96. The largest absolute Gasteiger partial charge is 0.486 e. The SMILES string of the molecule is O=C(CSc1nc2ccccc2[nH]1)N1CCC[C@@H]1c1ccc2c(c1)OCCO2. The summed E-state index contributed by atoms with van der Waals surface area (Å²) in [4.78, 5) is 22.7. The van der Waals surface area contributed by atoms with Crippen molar-refractivity contribution in [3.05, 3.63) is 48.0 Å². The molecule has 1 N–H and O–H groups in total. The number of likely N-dealkylation sites (tertiary alicyclic amines) is 1. The normalized spacial score (nSPS) is 18.6. The van der Waals surface area contributed by atoms with Crippen LogP contribution >= 0.6 is 11.8 Å². The summed E-state index contributed by atoms with van der Waals surface area (Å²) < 4.78 is 11.3. The van der Waals surface area contributed by atoms with Gasteiger partial charge in [0.1, 0.15) is 13.2 Å². The number of hydrogen-bond donors (Lipinski definition) is 1. The number of H-pyrrole nitrogens is 1. The maximum atomic E-state index is 12.9. The Labute approximate surface area is 167 Å². The van der Waals surface area contributed by atoms with Crippen molar-refractivity contribution in [2.24, 2.45) is 0 Å². The number of nitrogens with zero attached hydrogens (tertiary/aromatic N) is 2. The molecule has 2 aliphatic heterocycles. The van der Waals surface area contributed by atoms with Crippen LogP contribution in [0, 0.1) is 0 Å². The van der Waals surface area contributed by atoms with Crippen LogP contribution in [0.4, 0.5) is 0 Å². The molecule has 5 rings (SSSR count). The third-order valence-corrected chi connectivity index (χ3v) is 6.08. The summed E-state index contributed by atoms with van der Waals surface area (Å²) in [7, 11) is 0. The van der Waals surface area contributed by atoms with Crippen molar-refractivity contribution in [2.45, 2.75) is 24.0 Å². The molecule has 0 radical (unpaired) electrons. The number of nitrogens with one attached hydrogen (secondary N) is 1. The van der Waals surface area contributed by atoms with E-state index in [4.69, 9.17) is 9.47 Å². The molecule has 144 valence electrons. The molecule has 0 saturated carbocycles. The Kier molecular flexibility index (Phi) is 4.60. The Bertz CT molecular complexity index is 986. The second kappa shape index (κ2) is 7.39. The van der Waals surface area contributed by atoms with Crippen LogP contribution < -0.4 is 9.47 Å². The maximum absolute atomic E-state index is 12.9. The van der Waals surface area contributed by atoms with E-state index in [2.05, 4.69) is 16.0 Å². The lowest BCUT2D eigenvalue weighted by molar-refractivity contribution is -0.129. The molecule has 2 aliphatic rings. The van der Waals surface area contributed by atoms with E-state index >= 15 is 0 Å². The average molecular weight is 395 g/mol. The molecule has 2 aromatic carbocycles. The lowest BCUT2D eigenvalue weighted by atomic mass is 10.0. The van der Waals surface area contributed by atoms with Gasteiger partial charge in [0, 0.05) is 6.54 Å². The molecule has 1 saturated heterocycles. The van der Waals surface area contributed by atoms with Gasteiger partial charge in [-0.05, 0) is 42.7 Å². The van der Waals surface area contributed by atoms with Gasteiger partial charge in [-0.1, -0.05) is 30.0 Å². The number of aromatic amines is 1. The minimum Gasteiger partial charge on any atom is -0.486 e. The van der Waals surface area contributed by atoms with E-state index < -0.39 is 0 Å². The summed E-state index contributed by atoms with van der Waals surface area (Å²) in [6.45, 7) is 1.94. The highest BCUT2D eigenvalue weighted by atomic mass is 32.2. The van der Waals surface area contributed by atoms with Crippen LogP contribution in [0.2, 0.25) is 0 Å². The molecule has 0 spiro atoms. The van der Waals surface area contributed by atoms with Crippen molar-refractivity contribution >= 4 is 28.7 Å². The number of para-hydroxylation sites is 2. The smallest absolute Gasteiger partial charge is 0.233 e. The predicted molar refractivity (Wildman–Crippen MR) is 108 cm³/mol. The van der Waals surface area contributed by atoms with E-state index in [1.807, 2.05) is 41.3 Å². The van der Waals surface area contributed by atoms with Crippen molar-refractivity contribution in [2.75, 3.05) is 25.5 Å². The molecule has 28 heavy (non-hydrogen) atoms. The fourth-order valence-corrected chi connectivity index (χ4v) is 4.66. The van der Waals surface area contributed by atoms with Crippen LogP contribution in [0.1, 0.15) is 24.4 Å². The molecule has 1 fully saturated rings. The number of imidazole rings is 1. The van der Waals surface area contributed by atoms with Crippen LogP contribution in [0.25, 0.3) is 11.0 Å². The molecular weight excluding hydrogens is 374 g/mol. The van der Waals surface area contributed by atoms with E-state index in [0.29, 0.717) is 19.0 Å². The lowest BCUT2D eigenvalue weighted by Crippen LogP contribution is -2.32. The Morgan fingerprint density at radius 3 is 2.93 bits per heavy atom. The number of rotatable bonds is 4. The van der Waals surface area contributed by atoms with Crippen LogP contribution in [-0.4, -0.2) is 46.3 Å². The molecule has 0 bridgehead atoms. The first-order valence-corrected chi connectivity index (χ1v) is 10.5. The molecule has 3 heterocycles. The predicted octanol–water partition coefficient (Wildman–Crippen LogP) is 3.79. The highest BCUT2D eigenvalue weighted by Gasteiger charge is 2.30. The van der Waals surface area contributed by atoms with Gasteiger partial charge in [-0.25, -0.2) is 4.98 Å². The fraction of sp³-hybridized carbons (Fsp3) is 0.333. The molecule has 7 heteroatoms. The first kappa shape index (κ1) is 17.4. The number of hydrogen-bond acceptors (Lipinski definition) is 5. The number of aromatic nitrogens is 2. The zero-order chi connectivity index (χ0) is 18.9. The van der Waals surface area contributed by atoms with Crippen LogP contribution in [-0.2, 0) is 4.79 Å². The molecule has 1 aromatic heterocycles. The standard InChI is InChI=1S/C21H21N3O3S/c25-20(13-28-21-22-15-4-1-2-5-16(15)23-21)24-9-3-6-17(24)14-7-8-18-19(12-14)27-11-10-26-18/h1-2,4-5,7-8,12,17H,3,6,9-11,13H2,(H,22,23)/t17-/m1/s1. The van der Waals surface area contributed by atoms with Crippen molar-refractivity contribution in [3.8, 4) is 11.5 Å². The van der Waals surface area contributed by atoms with Gasteiger partial charge < -0.3 is 19.4 Å². The topological polar surface area (TPSA) is 67.5 Å². The molecule has 3 aromatic rings. The van der Waals surface area contributed by atoms with E-state index in [9.17, 15) is 4.79 Å². The number of carbonyl (C=O) groups excluding carboxylic acids is 1. The summed E-state index contributed by atoms with van der Waals surface area (Å²) in [5.74, 6) is 2.08. The highest BCUT2D eigenvalue weighted by molar-refractivity contribution is 7.99. The third kappa shape index (κ3) is 3.30. The van der Waals surface area contributed by atoms with Gasteiger partial charge in [-0.2, -0.15) is 0 Å². The van der Waals surface area contributed by atoms with Gasteiger partial charge in [0.05, 0.1) is 22.8 Å². The average Bonchev–Trinajstić information content (AvgIpc) is 3.38. The van der Waals surface area contributed by atoms with Crippen molar-refractivity contribution in [3.63, 3.8) is 0 Å². The van der Waals surface area contributed by atoms with Crippen molar-refractivity contribution < 1.29 is 14.3 Å². The number of amides is 1. The van der Waals surface area contributed by atoms with Crippen molar-refractivity contribution in [1.82, 2.24) is 14.9 Å². The van der Waals surface area contributed by atoms with Gasteiger partial charge in [-0.15, -0.1) is 0 Å². The van der Waals surface area contributed by atoms with Gasteiger partial charge in [0.15, 0.2) is 16.7 Å². The third-order valence-electron chi connectivity index (χ3n) is 5.22. The van der Waals surface area contributed by atoms with Gasteiger partial charge in [0.2, 0.25) is 5.91 Å². The summed E-state index contributed by atoms with van der Waals surface area (Å²) in [5, 5.41) is 0.782. The minimum absolute atomic E-state index is 0.0969. The summed E-state index contributed by atoms with van der Waals surface area (Å²) in [6, 6.07) is 14.0. The van der Waals surface area contributed by atoms with E-state index in [-0.39, 0.29) is 11.9 Å². The molecular formula is C21H21N3O3S. The number of carbonyl (C=O) groups is 1. The molecule has 0 unspecified atom stereocenters. The summed E-state index contributed by atoms with van der Waals surface area (Å²) in [6.07, 6.45) is 1.99. The van der Waals surface area contributed by atoms with Crippen LogP contribution in [0.5, 0.6) is 11.5 Å². The Morgan fingerprint density at radius 2 is 2.04 bits per heavy atom. The zero-order valence-corrected chi connectivity index (χ0v) is 16.2. The first-order valence-electron chi connectivity index (χ1n) is 9.54. The van der Waals surface area contributed by atoms with E-state index in [1.165, 1.54) is 11.8 Å². The zero-order valence-electron chi connectivity index (χ0n) is 15.4. The van der Waals surface area contributed by atoms with Gasteiger partial charge in [0.25, 0.3) is 0 Å². The number of thioether (sulfide) groups is 1. The highest BCUT2D eigenvalue weighted by Crippen LogP contribution is 2.38. The fourth-order valence-electron chi connectivity index (χ4n) is 3.89. The second-order valence-electron chi connectivity index (χ2n) is 7.00. The number of fused-ring (bicyclic) bond motifs is 2. The van der Waals surface area contributed by atoms with Crippen LogP contribution in [0.15, 0.2) is 47.6 Å². The summed E-state index contributed by atoms with van der Waals surface area (Å²) >= 11 is 1.46. The molecule has 6 nitrogen and oxygen atoms in total. The Hall–Kier alpha value is -2.67. The number of benzene rings is 2. The van der Waals surface area contributed by atoms with Crippen LogP contribution in [0.3, 0.4) is 0 Å². The minimum atomic E-state index is 0.0969. The van der Waals surface area contributed by atoms with Gasteiger partial charge in [-0.3, -0.25) is 4.79 Å². The Balaban J connectivity index is 1.28. The first-order chi connectivity index (χ1) is 13.8. The lowest BCUT2D eigenvalue weighted by Gasteiger charge is -2.26. The molecule has 0 aliphatic carbocycles. The molecule has 1 amide bonds. The van der Waals surface area contributed by atoms with E-state index in [0.717, 1.165) is 52.6 Å². The Morgan fingerprint density at radius 1 is 1.18 bits per heavy atom. The number of ether oxygens (including phenoxy) is 2. The maximum Gasteiger partial charge on any atom is 0.233 e. The quantitative estimate of drug-likeness (QED) is 0.681. The summed E-state index contributed by atoms with van der Waals surface area (Å²) in [5.41, 5.74) is 3.03.